The zero-order valence-electron chi connectivity index (χ0n) is 15.0. The molecule has 1 heterocycles. The largest absolute Gasteiger partial charge is 0.338 e. The van der Waals surface area contributed by atoms with Crippen molar-refractivity contribution in [2.24, 2.45) is 11.8 Å². The number of rotatable bonds is 7. The van der Waals surface area contributed by atoms with E-state index >= 15 is 0 Å². The highest BCUT2D eigenvalue weighted by Crippen LogP contribution is 2.19. The summed E-state index contributed by atoms with van der Waals surface area (Å²) in [6.45, 7) is 6.69. The Morgan fingerprint density at radius 2 is 1.92 bits per heavy atom. The average molecular weight is 390 g/mol. The van der Waals surface area contributed by atoms with Crippen LogP contribution in [0.1, 0.15) is 30.6 Å². The first-order chi connectivity index (χ1) is 11.3. The molecule has 0 radical (unpaired) electrons. The van der Waals surface area contributed by atoms with E-state index in [1.165, 1.54) is 12.1 Å². The molecule has 0 bridgehead atoms. The molecule has 1 aromatic carbocycles. The van der Waals surface area contributed by atoms with Crippen molar-refractivity contribution in [3.63, 3.8) is 0 Å². The summed E-state index contributed by atoms with van der Waals surface area (Å²) >= 11 is 0. The molecule has 0 saturated carbocycles. The van der Waals surface area contributed by atoms with Crippen LogP contribution in [0.15, 0.2) is 29.2 Å². The maximum absolute atomic E-state index is 12.5. The Balaban J connectivity index is 0.00000312. The lowest BCUT2D eigenvalue weighted by Gasteiger charge is -2.17. The molecular weight excluding hydrogens is 362 g/mol. The molecule has 1 unspecified atom stereocenters. The van der Waals surface area contributed by atoms with Crippen molar-refractivity contribution in [2.45, 2.75) is 25.2 Å². The van der Waals surface area contributed by atoms with Crippen molar-refractivity contribution in [3.05, 3.63) is 29.8 Å². The van der Waals surface area contributed by atoms with Gasteiger partial charge in [0.15, 0.2) is 0 Å². The Morgan fingerprint density at radius 3 is 2.48 bits per heavy atom. The number of benzene rings is 1. The van der Waals surface area contributed by atoms with E-state index in [-0.39, 0.29) is 29.1 Å². The topological polar surface area (TPSA) is 78.5 Å². The van der Waals surface area contributed by atoms with Gasteiger partial charge in [0.1, 0.15) is 0 Å². The molecule has 8 heteroatoms. The van der Waals surface area contributed by atoms with Crippen LogP contribution in [0, 0.1) is 11.8 Å². The minimum atomic E-state index is -3.52. The Kier molecular flexibility index (Phi) is 8.34. The third kappa shape index (κ3) is 5.95. The van der Waals surface area contributed by atoms with E-state index in [1.54, 1.807) is 12.1 Å². The minimum Gasteiger partial charge on any atom is -0.338 e. The molecule has 0 aromatic heterocycles. The smallest absolute Gasteiger partial charge is 0.253 e. The maximum Gasteiger partial charge on any atom is 0.253 e. The summed E-state index contributed by atoms with van der Waals surface area (Å²) in [6, 6.07) is 6.18. The third-order valence-corrected chi connectivity index (χ3v) is 5.60. The molecule has 1 aromatic rings. The zero-order chi connectivity index (χ0) is 17.7. The summed E-state index contributed by atoms with van der Waals surface area (Å²) < 4.78 is 26.9. The first kappa shape index (κ1) is 21.9. The quantitative estimate of drug-likeness (QED) is 0.744. The van der Waals surface area contributed by atoms with Crippen LogP contribution in [-0.2, 0) is 10.0 Å². The summed E-state index contributed by atoms with van der Waals surface area (Å²) in [5.74, 6) is 0.688. The van der Waals surface area contributed by atoms with E-state index in [0.717, 1.165) is 26.1 Å². The molecule has 1 amide bonds. The van der Waals surface area contributed by atoms with Gasteiger partial charge in [0.2, 0.25) is 10.0 Å². The molecule has 1 saturated heterocycles. The van der Waals surface area contributed by atoms with E-state index in [1.807, 2.05) is 25.8 Å². The summed E-state index contributed by atoms with van der Waals surface area (Å²) in [5.41, 5.74) is 0.530. The van der Waals surface area contributed by atoms with Gasteiger partial charge < -0.3 is 10.2 Å². The van der Waals surface area contributed by atoms with Crippen LogP contribution in [0.25, 0.3) is 0 Å². The average Bonchev–Trinajstić information content (AvgIpc) is 3.01. The summed E-state index contributed by atoms with van der Waals surface area (Å²) in [6.07, 6.45) is 0.998. The number of nitrogens with zero attached hydrogens (tertiary/aromatic N) is 1. The molecule has 0 spiro atoms. The van der Waals surface area contributed by atoms with Crippen molar-refractivity contribution in [1.82, 2.24) is 14.9 Å². The summed E-state index contributed by atoms with van der Waals surface area (Å²) in [5, 5.41) is 3.14. The first-order valence-corrected chi connectivity index (χ1v) is 9.85. The monoisotopic (exact) mass is 389 g/mol. The second-order valence-corrected chi connectivity index (χ2v) is 8.50. The Bertz CT molecular complexity index is 662. The molecule has 1 atom stereocenters. The second kappa shape index (κ2) is 9.52. The maximum atomic E-state index is 12.5. The zero-order valence-corrected chi connectivity index (χ0v) is 16.6. The molecule has 1 aliphatic heterocycles. The normalized spacial score (nSPS) is 17.6. The van der Waals surface area contributed by atoms with Crippen LogP contribution >= 0.6 is 12.4 Å². The molecular formula is C17H28ClN3O3S. The molecule has 25 heavy (non-hydrogen) atoms. The number of sulfonamides is 1. The van der Waals surface area contributed by atoms with Gasteiger partial charge >= 0.3 is 0 Å². The van der Waals surface area contributed by atoms with Crippen molar-refractivity contribution in [2.75, 3.05) is 33.2 Å². The van der Waals surface area contributed by atoms with Gasteiger partial charge in [-0.1, -0.05) is 13.8 Å². The summed E-state index contributed by atoms with van der Waals surface area (Å²) in [4.78, 5) is 14.5. The molecule has 1 aliphatic rings. The molecule has 6 nitrogen and oxygen atoms in total. The van der Waals surface area contributed by atoms with Gasteiger partial charge in [0.25, 0.3) is 5.91 Å². The van der Waals surface area contributed by atoms with Gasteiger partial charge in [0, 0.05) is 25.2 Å². The number of hydrogen-bond donors (Lipinski definition) is 2. The Morgan fingerprint density at radius 1 is 1.28 bits per heavy atom. The number of carbonyl (C=O) groups is 1. The highest BCUT2D eigenvalue weighted by Gasteiger charge is 2.26. The lowest BCUT2D eigenvalue weighted by molar-refractivity contribution is 0.0787. The molecule has 142 valence electrons. The van der Waals surface area contributed by atoms with Gasteiger partial charge in [-0.3, -0.25) is 4.79 Å². The standard InChI is InChI=1S/C17H27N3O3S.ClH/c1-13(2)10-19-24(22,23)16-6-4-15(5-7-16)17(21)20-9-8-14(12-20)11-18-3;/h4-7,13-14,18-19H,8-12H2,1-3H3;1H. The summed E-state index contributed by atoms with van der Waals surface area (Å²) in [7, 11) is -1.60. The molecule has 2 rings (SSSR count). The van der Waals surface area contributed by atoms with Gasteiger partial charge in [-0.15, -0.1) is 12.4 Å². The fourth-order valence-electron chi connectivity index (χ4n) is 2.79. The van der Waals surface area contributed by atoms with E-state index in [9.17, 15) is 13.2 Å². The predicted molar refractivity (Wildman–Crippen MR) is 102 cm³/mol. The van der Waals surface area contributed by atoms with E-state index < -0.39 is 10.0 Å². The third-order valence-electron chi connectivity index (χ3n) is 4.16. The lowest BCUT2D eigenvalue weighted by atomic mass is 10.1. The van der Waals surface area contributed by atoms with Crippen molar-refractivity contribution in [3.8, 4) is 0 Å². The van der Waals surface area contributed by atoms with Crippen molar-refractivity contribution >= 4 is 28.3 Å². The molecule has 0 aliphatic carbocycles. The van der Waals surface area contributed by atoms with E-state index in [0.29, 0.717) is 18.0 Å². The van der Waals surface area contributed by atoms with Crippen molar-refractivity contribution < 1.29 is 13.2 Å². The minimum absolute atomic E-state index is 0. The number of amides is 1. The van der Waals surface area contributed by atoms with Gasteiger partial charge in [0.05, 0.1) is 4.90 Å². The number of likely N-dealkylation sites (tertiary alicyclic amines) is 1. The van der Waals surface area contributed by atoms with Crippen LogP contribution < -0.4 is 10.0 Å². The van der Waals surface area contributed by atoms with Gasteiger partial charge in [-0.05, 0) is 56.1 Å². The lowest BCUT2D eigenvalue weighted by Crippen LogP contribution is -2.30. The van der Waals surface area contributed by atoms with Crippen LogP contribution in [-0.4, -0.2) is 52.5 Å². The fourth-order valence-corrected chi connectivity index (χ4v) is 4.01. The van der Waals surface area contributed by atoms with Crippen LogP contribution in [0.4, 0.5) is 0 Å². The van der Waals surface area contributed by atoms with E-state index in [4.69, 9.17) is 0 Å². The van der Waals surface area contributed by atoms with Crippen LogP contribution in [0.5, 0.6) is 0 Å². The van der Waals surface area contributed by atoms with E-state index in [2.05, 4.69) is 10.0 Å². The fraction of sp³-hybridized carbons (Fsp3) is 0.588. The van der Waals surface area contributed by atoms with Crippen LogP contribution in [0.2, 0.25) is 0 Å². The Labute approximate surface area is 156 Å². The highest BCUT2D eigenvalue weighted by molar-refractivity contribution is 7.89. The SMILES string of the molecule is CNCC1CCN(C(=O)c2ccc(S(=O)(=O)NCC(C)C)cc2)C1.Cl. The number of carbonyl (C=O) groups excluding carboxylic acids is 1. The van der Waals surface area contributed by atoms with Gasteiger partial charge in [-0.25, -0.2) is 13.1 Å². The predicted octanol–water partition coefficient (Wildman–Crippen LogP) is 1.72. The number of hydrogen-bond acceptors (Lipinski definition) is 4. The second-order valence-electron chi connectivity index (χ2n) is 6.73. The van der Waals surface area contributed by atoms with Crippen LogP contribution in [0.3, 0.4) is 0 Å². The first-order valence-electron chi connectivity index (χ1n) is 8.37. The highest BCUT2D eigenvalue weighted by atomic mass is 35.5. The van der Waals surface area contributed by atoms with Gasteiger partial charge in [-0.2, -0.15) is 0 Å². The van der Waals surface area contributed by atoms with Crippen molar-refractivity contribution in [1.29, 1.82) is 0 Å². The number of nitrogens with one attached hydrogen (secondary N) is 2. The molecule has 2 N–H and O–H groups in total. The number of halogens is 1. The molecule has 1 fully saturated rings. The Hall–Kier alpha value is -1.15.